The largest absolute Gasteiger partial charge is 0.453 e. The number of alkyl carbamates (subject to hydrolysis) is 1. The van der Waals surface area contributed by atoms with E-state index in [1.807, 2.05) is 31.2 Å². The number of carbonyl (C=O) groups is 1. The third-order valence-corrected chi connectivity index (χ3v) is 3.20. The van der Waals surface area contributed by atoms with Crippen LogP contribution >= 0.6 is 47.0 Å². The van der Waals surface area contributed by atoms with Crippen LogP contribution in [0.3, 0.4) is 0 Å². The summed E-state index contributed by atoms with van der Waals surface area (Å²) in [5, 5.41) is 8.16. The van der Waals surface area contributed by atoms with E-state index in [-0.39, 0.29) is 5.11 Å². The van der Waals surface area contributed by atoms with Gasteiger partial charge in [-0.15, -0.1) is 0 Å². The van der Waals surface area contributed by atoms with E-state index in [1.54, 1.807) is 0 Å². The minimum absolute atomic E-state index is 0.188. The molecule has 0 heterocycles. The maximum absolute atomic E-state index is 11.2. The first-order valence-electron chi connectivity index (χ1n) is 5.77. The molecule has 1 aromatic rings. The molecule has 0 aromatic heterocycles. The number of rotatable bonds is 3. The second kappa shape index (κ2) is 7.89. The number of anilines is 1. The lowest BCUT2D eigenvalue weighted by molar-refractivity contribution is 0.166. The standard InChI is InChI=1S/C12H14Cl3N3O2S/c1-7-4-3-5-8(6-7)16-10(21)17-9(12(13,14)15)18-11(19)20-2/h3-6,9H,1-2H3,(H,18,19)(H2,16,17,21)/t9-/m0/s1. The van der Waals surface area contributed by atoms with E-state index in [0.717, 1.165) is 11.3 Å². The summed E-state index contributed by atoms with van der Waals surface area (Å²) < 4.78 is 2.65. The van der Waals surface area contributed by atoms with Gasteiger partial charge in [0.2, 0.25) is 3.79 Å². The third-order valence-electron chi connectivity index (χ3n) is 2.33. The second-order valence-corrected chi connectivity index (χ2v) is 6.86. The molecule has 3 N–H and O–H groups in total. The summed E-state index contributed by atoms with van der Waals surface area (Å²) in [7, 11) is 1.20. The van der Waals surface area contributed by atoms with Crippen LogP contribution in [0.5, 0.6) is 0 Å². The van der Waals surface area contributed by atoms with Gasteiger partial charge < -0.3 is 15.4 Å². The van der Waals surface area contributed by atoms with Gasteiger partial charge in [-0.2, -0.15) is 0 Å². The highest BCUT2D eigenvalue weighted by Crippen LogP contribution is 2.29. The van der Waals surface area contributed by atoms with E-state index in [9.17, 15) is 4.79 Å². The first-order chi connectivity index (χ1) is 9.72. The minimum Gasteiger partial charge on any atom is -0.453 e. The van der Waals surface area contributed by atoms with Crippen molar-refractivity contribution in [2.24, 2.45) is 0 Å². The Labute approximate surface area is 143 Å². The maximum Gasteiger partial charge on any atom is 0.408 e. The van der Waals surface area contributed by atoms with Gasteiger partial charge in [-0.1, -0.05) is 46.9 Å². The van der Waals surface area contributed by atoms with Gasteiger partial charge in [0.1, 0.15) is 0 Å². The Morgan fingerprint density at radius 1 is 1.33 bits per heavy atom. The van der Waals surface area contributed by atoms with Gasteiger partial charge in [0.05, 0.1) is 7.11 Å². The molecule has 1 amide bonds. The quantitative estimate of drug-likeness (QED) is 0.433. The van der Waals surface area contributed by atoms with E-state index >= 15 is 0 Å². The Hall–Kier alpha value is -0.950. The SMILES string of the molecule is COC(=O)N[C@H](NC(=S)Nc1cccc(C)c1)C(Cl)(Cl)Cl. The molecule has 0 fully saturated rings. The van der Waals surface area contributed by atoms with Crippen molar-refractivity contribution in [1.29, 1.82) is 0 Å². The van der Waals surface area contributed by atoms with Gasteiger partial charge in [-0.3, -0.25) is 5.32 Å². The van der Waals surface area contributed by atoms with Crippen molar-refractivity contribution in [3.8, 4) is 0 Å². The molecule has 116 valence electrons. The summed E-state index contributed by atoms with van der Waals surface area (Å²) >= 11 is 22.5. The number of alkyl halides is 3. The number of carbonyl (C=O) groups excluding carboxylic acids is 1. The van der Waals surface area contributed by atoms with Gasteiger partial charge in [-0.25, -0.2) is 4.79 Å². The van der Waals surface area contributed by atoms with Crippen molar-refractivity contribution in [3.05, 3.63) is 29.8 Å². The molecule has 0 bridgehead atoms. The van der Waals surface area contributed by atoms with E-state index in [2.05, 4.69) is 20.7 Å². The van der Waals surface area contributed by atoms with Crippen molar-refractivity contribution >= 4 is 63.9 Å². The minimum atomic E-state index is -1.81. The highest BCUT2D eigenvalue weighted by Gasteiger charge is 2.34. The molecule has 0 aliphatic heterocycles. The van der Waals surface area contributed by atoms with Crippen LogP contribution in [0, 0.1) is 6.92 Å². The number of methoxy groups -OCH3 is 1. The van der Waals surface area contributed by atoms with Crippen molar-refractivity contribution in [2.45, 2.75) is 16.9 Å². The second-order valence-electron chi connectivity index (χ2n) is 4.08. The maximum atomic E-state index is 11.2. The van der Waals surface area contributed by atoms with Crippen LogP contribution in [0.25, 0.3) is 0 Å². The average Bonchev–Trinajstić information content (AvgIpc) is 2.36. The molecule has 0 saturated heterocycles. The molecule has 0 saturated carbocycles. The molecule has 1 atom stereocenters. The number of halogens is 3. The summed E-state index contributed by atoms with van der Waals surface area (Å²) in [6.45, 7) is 1.95. The molecular formula is C12H14Cl3N3O2S. The molecule has 21 heavy (non-hydrogen) atoms. The third kappa shape index (κ3) is 6.56. The lowest BCUT2D eigenvalue weighted by Gasteiger charge is -2.27. The Morgan fingerprint density at radius 3 is 2.52 bits per heavy atom. The predicted molar refractivity (Wildman–Crippen MR) is 90.2 cm³/mol. The van der Waals surface area contributed by atoms with Crippen molar-refractivity contribution < 1.29 is 9.53 Å². The van der Waals surface area contributed by atoms with E-state index in [4.69, 9.17) is 47.0 Å². The zero-order valence-electron chi connectivity index (χ0n) is 11.2. The first kappa shape index (κ1) is 18.1. The highest BCUT2D eigenvalue weighted by molar-refractivity contribution is 7.80. The van der Waals surface area contributed by atoms with E-state index in [0.29, 0.717) is 0 Å². The van der Waals surface area contributed by atoms with Crippen LogP contribution in [0.15, 0.2) is 24.3 Å². The molecular weight excluding hydrogens is 357 g/mol. The molecule has 1 aromatic carbocycles. The summed E-state index contributed by atoms with van der Waals surface area (Å²) in [5.41, 5.74) is 1.84. The van der Waals surface area contributed by atoms with E-state index < -0.39 is 16.1 Å². The topological polar surface area (TPSA) is 62.4 Å². The number of hydrogen-bond acceptors (Lipinski definition) is 3. The molecule has 0 aliphatic carbocycles. The molecule has 0 unspecified atom stereocenters. The van der Waals surface area contributed by atoms with Gasteiger partial charge in [-0.05, 0) is 36.8 Å². The van der Waals surface area contributed by atoms with Gasteiger partial charge in [0, 0.05) is 5.69 Å². The summed E-state index contributed by atoms with van der Waals surface area (Å²) in [4.78, 5) is 11.2. The number of hydrogen-bond donors (Lipinski definition) is 3. The normalized spacial score (nSPS) is 12.2. The number of nitrogens with one attached hydrogen (secondary N) is 3. The van der Waals surface area contributed by atoms with Crippen LogP contribution in [0.4, 0.5) is 10.5 Å². The molecule has 0 radical (unpaired) electrons. The molecule has 0 aliphatic rings. The lowest BCUT2D eigenvalue weighted by Crippen LogP contribution is -2.56. The summed E-state index contributed by atoms with van der Waals surface area (Å²) in [6, 6.07) is 7.55. The van der Waals surface area contributed by atoms with Crippen LogP contribution in [-0.4, -0.2) is 28.3 Å². The molecule has 9 heteroatoms. The van der Waals surface area contributed by atoms with Crippen LogP contribution in [-0.2, 0) is 4.74 Å². The Balaban J connectivity index is 2.70. The smallest absolute Gasteiger partial charge is 0.408 e. The van der Waals surface area contributed by atoms with Crippen LogP contribution < -0.4 is 16.0 Å². The number of amides is 1. The van der Waals surface area contributed by atoms with Crippen LogP contribution in [0.1, 0.15) is 5.56 Å². The van der Waals surface area contributed by atoms with Crippen molar-refractivity contribution in [3.63, 3.8) is 0 Å². The number of ether oxygens (including phenoxy) is 1. The van der Waals surface area contributed by atoms with Crippen molar-refractivity contribution in [1.82, 2.24) is 10.6 Å². The zero-order chi connectivity index (χ0) is 16.0. The molecule has 5 nitrogen and oxygen atoms in total. The Morgan fingerprint density at radius 2 is 2.00 bits per heavy atom. The van der Waals surface area contributed by atoms with Gasteiger partial charge in [0.15, 0.2) is 11.3 Å². The number of benzene rings is 1. The molecule has 1 rings (SSSR count). The fourth-order valence-electron chi connectivity index (χ4n) is 1.40. The monoisotopic (exact) mass is 369 g/mol. The average molecular weight is 371 g/mol. The first-order valence-corrected chi connectivity index (χ1v) is 7.32. The molecule has 0 spiro atoms. The fourth-order valence-corrected chi connectivity index (χ4v) is 1.96. The van der Waals surface area contributed by atoms with E-state index in [1.165, 1.54) is 7.11 Å². The van der Waals surface area contributed by atoms with Crippen LogP contribution in [0.2, 0.25) is 0 Å². The van der Waals surface area contributed by atoms with Gasteiger partial charge in [0.25, 0.3) is 0 Å². The lowest BCUT2D eigenvalue weighted by atomic mass is 10.2. The fraction of sp³-hybridized carbons (Fsp3) is 0.333. The highest BCUT2D eigenvalue weighted by atomic mass is 35.6. The zero-order valence-corrected chi connectivity index (χ0v) is 14.3. The Kier molecular flexibility index (Phi) is 6.80. The Bertz CT molecular complexity index is 523. The summed E-state index contributed by atoms with van der Waals surface area (Å²) in [5.74, 6) is 0. The predicted octanol–water partition coefficient (Wildman–Crippen LogP) is 3.33. The number of thiocarbonyl (C=S) groups is 1. The number of aryl methyl sites for hydroxylation is 1. The summed E-state index contributed by atoms with van der Waals surface area (Å²) in [6.07, 6.45) is -1.81. The van der Waals surface area contributed by atoms with Crippen molar-refractivity contribution in [2.75, 3.05) is 12.4 Å². The van der Waals surface area contributed by atoms with Gasteiger partial charge >= 0.3 is 6.09 Å².